The molecule has 3 heteroatoms. The highest BCUT2D eigenvalue weighted by Crippen LogP contribution is 2.07. The molecule has 0 spiro atoms. The number of nitrogens with zero attached hydrogens (tertiary/aromatic N) is 1. The molecule has 2 nitrogen and oxygen atoms in total. The van der Waals surface area contributed by atoms with Crippen LogP contribution in [0.5, 0.6) is 0 Å². The molecule has 1 aromatic heterocycles. The Morgan fingerprint density at radius 1 is 1.70 bits per heavy atom. The lowest BCUT2D eigenvalue weighted by molar-refractivity contribution is 0.622. The normalized spacial score (nSPS) is 8.80. The Morgan fingerprint density at radius 2 is 2.40 bits per heavy atom. The maximum atomic E-state index is 12.3. The van der Waals surface area contributed by atoms with Gasteiger partial charge in [-0.3, -0.25) is 0 Å². The molecule has 0 saturated heterocycles. The molecule has 0 aliphatic rings. The first kappa shape index (κ1) is 6.56. The Labute approximate surface area is 57.9 Å². The second-order valence-electron chi connectivity index (χ2n) is 1.74. The minimum absolute atomic E-state index is 0.197. The van der Waals surface area contributed by atoms with Gasteiger partial charge in [0, 0.05) is 6.07 Å². The molecular weight excluding hydrogens is 131 g/mol. The van der Waals surface area contributed by atoms with Gasteiger partial charge >= 0.3 is 0 Å². The standard InChI is InChI=1S/C7H5FN2/c1-2-7-6(9)3-5(8)4-10-7/h1,3-4H,9H2. The predicted molar refractivity (Wildman–Crippen MR) is 36.5 cm³/mol. The Kier molecular flexibility index (Phi) is 1.55. The molecule has 0 unspecified atom stereocenters. The predicted octanol–water partition coefficient (Wildman–Crippen LogP) is 0.784. The summed E-state index contributed by atoms with van der Waals surface area (Å²) in [5.74, 6) is 1.74. The highest BCUT2D eigenvalue weighted by Gasteiger charge is 1.96. The summed E-state index contributed by atoms with van der Waals surface area (Å²) in [4.78, 5) is 3.56. The Hall–Kier alpha value is -1.56. The van der Waals surface area contributed by atoms with E-state index in [1.807, 2.05) is 0 Å². The average Bonchev–Trinajstić information content (AvgIpc) is 1.88. The largest absolute Gasteiger partial charge is 0.396 e. The maximum absolute atomic E-state index is 12.3. The van der Waals surface area contributed by atoms with Crippen LogP contribution in [-0.4, -0.2) is 4.98 Å². The molecule has 1 heterocycles. The number of anilines is 1. The second kappa shape index (κ2) is 2.36. The molecule has 0 fully saturated rings. The Balaban J connectivity index is 3.23. The molecule has 10 heavy (non-hydrogen) atoms. The van der Waals surface area contributed by atoms with Crippen molar-refractivity contribution in [3.05, 3.63) is 23.8 Å². The fraction of sp³-hybridized carbons (Fsp3) is 0. The van der Waals surface area contributed by atoms with Crippen LogP contribution < -0.4 is 5.73 Å². The maximum Gasteiger partial charge on any atom is 0.143 e. The summed E-state index contributed by atoms with van der Waals surface area (Å²) in [5, 5.41) is 0. The number of hydrogen-bond acceptors (Lipinski definition) is 2. The van der Waals surface area contributed by atoms with Crippen LogP contribution in [0.25, 0.3) is 0 Å². The van der Waals surface area contributed by atoms with E-state index in [1.54, 1.807) is 0 Å². The van der Waals surface area contributed by atoms with Crippen LogP contribution in [-0.2, 0) is 0 Å². The summed E-state index contributed by atoms with van der Waals surface area (Å²) in [6, 6.07) is 1.14. The molecule has 1 aromatic rings. The van der Waals surface area contributed by atoms with Crippen molar-refractivity contribution in [3.63, 3.8) is 0 Å². The number of pyridine rings is 1. The van der Waals surface area contributed by atoms with E-state index in [4.69, 9.17) is 12.2 Å². The molecule has 0 atom stereocenters. The SMILES string of the molecule is C#Cc1ncc(F)cc1N. The van der Waals surface area contributed by atoms with Crippen LogP contribution in [0.15, 0.2) is 12.3 Å². The Morgan fingerprint density at radius 3 is 2.90 bits per heavy atom. The number of halogens is 1. The quantitative estimate of drug-likeness (QED) is 0.535. The number of rotatable bonds is 0. The molecular formula is C7H5FN2. The molecule has 0 bridgehead atoms. The minimum Gasteiger partial charge on any atom is -0.396 e. The van der Waals surface area contributed by atoms with Crippen LogP contribution in [0.1, 0.15) is 5.69 Å². The third kappa shape index (κ3) is 1.06. The van der Waals surface area contributed by atoms with E-state index in [2.05, 4.69) is 10.9 Å². The first-order valence-corrected chi connectivity index (χ1v) is 2.61. The van der Waals surface area contributed by atoms with Crippen molar-refractivity contribution < 1.29 is 4.39 Å². The van der Waals surface area contributed by atoms with Gasteiger partial charge in [-0.05, 0) is 5.92 Å². The van der Waals surface area contributed by atoms with Crippen molar-refractivity contribution in [2.75, 3.05) is 5.73 Å². The first-order valence-electron chi connectivity index (χ1n) is 2.61. The zero-order valence-electron chi connectivity index (χ0n) is 5.13. The molecule has 50 valence electrons. The number of hydrogen-bond donors (Lipinski definition) is 1. The van der Waals surface area contributed by atoms with E-state index < -0.39 is 5.82 Å². The lowest BCUT2D eigenvalue weighted by Gasteiger charge is -1.94. The van der Waals surface area contributed by atoms with Gasteiger partial charge in [-0.15, -0.1) is 6.42 Å². The molecule has 0 saturated carbocycles. The number of aromatic nitrogens is 1. The van der Waals surface area contributed by atoms with Crippen LogP contribution in [0.3, 0.4) is 0 Å². The highest BCUT2D eigenvalue weighted by molar-refractivity contribution is 5.50. The van der Waals surface area contributed by atoms with Gasteiger partial charge in [-0.2, -0.15) is 0 Å². The summed E-state index contributed by atoms with van der Waals surface area (Å²) in [5.41, 5.74) is 5.76. The lowest BCUT2D eigenvalue weighted by atomic mass is 10.3. The molecule has 0 amide bonds. The second-order valence-corrected chi connectivity index (χ2v) is 1.74. The summed E-state index contributed by atoms with van der Waals surface area (Å²) >= 11 is 0. The molecule has 1 rings (SSSR count). The summed E-state index contributed by atoms with van der Waals surface area (Å²) < 4.78 is 12.3. The summed E-state index contributed by atoms with van der Waals surface area (Å²) in [7, 11) is 0. The zero-order valence-corrected chi connectivity index (χ0v) is 5.13. The van der Waals surface area contributed by atoms with Gasteiger partial charge in [0.1, 0.15) is 11.5 Å². The van der Waals surface area contributed by atoms with Crippen molar-refractivity contribution in [1.82, 2.24) is 4.98 Å². The smallest absolute Gasteiger partial charge is 0.143 e. The van der Waals surface area contributed by atoms with Gasteiger partial charge < -0.3 is 5.73 Å². The van der Waals surface area contributed by atoms with E-state index >= 15 is 0 Å². The van der Waals surface area contributed by atoms with Crippen LogP contribution >= 0.6 is 0 Å². The van der Waals surface area contributed by atoms with E-state index in [-0.39, 0.29) is 11.4 Å². The molecule has 2 N–H and O–H groups in total. The van der Waals surface area contributed by atoms with Gasteiger partial charge in [0.05, 0.1) is 11.9 Å². The van der Waals surface area contributed by atoms with Gasteiger partial charge in [0.25, 0.3) is 0 Å². The van der Waals surface area contributed by atoms with Crippen molar-refractivity contribution in [2.24, 2.45) is 0 Å². The van der Waals surface area contributed by atoms with E-state index in [9.17, 15) is 4.39 Å². The molecule has 0 aliphatic heterocycles. The van der Waals surface area contributed by atoms with Crippen LogP contribution in [0.4, 0.5) is 10.1 Å². The van der Waals surface area contributed by atoms with E-state index in [1.165, 1.54) is 0 Å². The topological polar surface area (TPSA) is 38.9 Å². The van der Waals surface area contributed by atoms with Gasteiger partial charge in [0.15, 0.2) is 0 Å². The van der Waals surface area contributed by atoms with Crippen molar-refractivity contribution in [3.8, 4) is 12.3 Å². The van der Waals surface area contributed by atoms with E-state index in [0.717, 1.165) is 12.3 Å². The summed E-state index contributed by atoms with van der Waals surface area (Å²) in [6.07, 6.45) is 6.02. The zero-order chi connectivity index (χ0) is 7.56. The highest BCUT2D eigenvalue weighted by atomic mass is 19.1. The monoisotopic (exact) mass is 136 g/mol. The van der Waals surface area contributed by atoms with Crippen LogP contribution in [0.2, 0.25) is 0 Å². The molecule has 0 radical (unpaired) electrons. The Bertz CT molecular complexity index is 288. The summed E-state index contributed by atoms with van der Waals surface area (Å²) in [6.45, 7) is 0. The first-order chi connectivity index (χ1) is 4.74. The van der Waals surface area contributed by atoms with E-state index in [0.29, 0.717) is 0 Å². The van der Waals surface area contributed by atoms with Crippen molar-refractivity contribution in [1.29, 1.82) is 0 Å². The third-order valence-electron chi connectivity index (χ3n) is 1.02. The fourth-order valence-corrected chi connectivity index (χ4v) is 0.576. The van der Waals surface area contributed by atoms with Crippen molar-refractivity contribution in [2.45, 2.75) is 0 Å². The minimum atomic E-state index is -0.475. The third-order valence-corrected chi connectivity index (χ3v) is 1.02. The van der Waals surface area contributed by atoms with Gasteiger partial charge in [0.2, 0.25) is 0 Å². The molecule has 0 aromatic carbocycles. The lowest BCUT2D eigenvalue weighted by Crippen LogP contribution is -1.94. The molecule has 0 aliphatic carbocycles. The van der Waals surface area contributed by atoms with Gasteiger partial charge in [-0.25, -0.2) is 9.37 Å². The fourth-order valence-electron chi connectivity index (χ4n) is 0.576. The average molecular weight is 136 g/mol. The number of nitrogen functional groups attached to an aromatic ring is 1. The number of nitrogens with two attached hydrogens (primary N) is 1. The van der Waals surface area contributed by atoms with Gasteiger partial charge in [-0.1, -0.05) is 0 Å². The number of terminal acetylenes is 1. The van der Waals surface area contributed by atoms with Crippen LogP contribution in [0, 0.1) is 18.2 Å². The van der Waals surface area contributed by atoms with Crippen molar-refractivity contribution >= 4 is 5.69 Å².